The van der Waals surface area contributed by atoms with E-state index in [9.17, 15) is 14.4 Å². The van der Waals surface area contributed by atoms with E-state index >= 15 is 0 Å². The lowest BCUT2D eigenvalue weighted by molar-refractivity contribution is -0.113. The molecule has 1 heterocycles. The number of nitrogens with one attached hydrogen (secondary N) is 2. The first-order valence-corrected chi connectivity index (χ1v) is 9.27. The molecule has 3 aromatic rings. The Labute approximate surface area is 163 Å². The second-order valence-corrected chi connectivity index (χ2v) is 6.96. The zero-order valence-corrected chi connectivity index (χ0v) is 15.8. The van der Waals surface area contributed by atoms with Crippen molar-refractivity contribution < 1.29 is 14.3 Å². The summed E-state index contributed by atoms with van der Waals surface area (Å²) in [5.41, 5.74) is 0.590. The summed E-state index contributed by atoms with van der Waals surface area (Å²) in [5, 5.41) is 3.89. The molecule has 0 saturated heterocycles. The number of rotatable bonds is 5. The Balaban J connectivity index is 1.86. The molecule has 0 aliphatic rings. The van der Waals surface area contributed by atoms with Gasteiger partial charge in [-0.3, -0.25) is 9.59 Å². The van der Waals surface area contributed by atoms with Crippen LogP contribution in [0, 0.1) is 0 Å². The summed E-state index contributed by atoms with van der Waals surface area (Å²) < 4.78 is 4.73. The molecule has 0 saturated carbocycles. The number of hydrogen-bond acceptors (Lipinski definition) is 5. The van der Waals surface area contributed by atoms with Crippen molar-refractivity contribution in [3.05, 3.63) is 69.3 Å². The van der Waals surface area contributed by atoms with Gasteiger partial charge in [0.05, 0.1) is 23.4 Å². The van der Waals surface area contributed by atoms with Crippen LogP contribution in [0.3, 0.4) is 0 Å². The number of pyridine rings is 1. The number of para-hydroxylation sites is 1. The molecule has 0 aliphatic carbocycles. The monoisotopic (exact) mass is 402 g/mol. The maximum Gasteiger partial charge on any atom is 0.344 e. The smallest absolute Gasteiger partial charge is 0.344 e. The molecule has 8 heteroatoms. The normalized spacial score (nSPS) is 10.6. The van der Waals surface area contributed by atoms with E-state index in [-0.39, 0.29) is 22.2 Å². The number of anilines is 1. The molecule has 0 spiro atoms. The van der Waals surface area contributed by atoms with Gasteiger partial charge in [0.25, 0.3) is 0 Å². The molecule has 0 aliphatic heterocycles. The Hall–Kier alpha value is -2.77. The van der Waals surface area contributed by atoms with Gasteiger partial charge in [-0.05, 0) is 30.3 Å². The first-order valence-electron chi connectivity index (χ1n) is 7.91. The highest BCUT2D eigenvalue weighted by atomic mass is 35.5. The van der Waals surface area contributed by atoms with E-state index in [4.69, 9.17) is 16.3 Å². The van der Waals surface area contributed by atoms with Crippen LogP contribution < -0.4 is 10.7 Å². The Kier molecular flexibility index (Phi) is 5.83. The van der Waals surface area contributed by atoms with E-state index in [1.54, 1.807) is 48.5 Å². The van der Waals surface area contributed by atoms with Gasteiger partial charge in [-0.2, -0.15) is 0 Å². The summed E-state index contributed by atoms with van der Waals surface area (Å²) in [4.78, 5) is 40.0. The molecule has 2 aromatic carbocycles. The third-order valence-corrected chi connectivity index (χ3v) is 4.96. The predicted octanol–water partition coefficient (Wildman–Crippen LogP) is 3.70. The summed E-state index contributed by atoms with van der Waals surface area (Å²) >= 11 is 6.95. The molecular formula is C19H15ClN2O4S. The van der Waals surface area contributed by atoms with E-state index < -0.39 is 11.4 Å². The fourth-order valence-corrected chi connectivity index (χ4v) is 3.55. The summed E-state index contributed by atoms with van der Waals surface area (Å²) in [5.74, 6) is -1.06. The number of halogens is 1. The highest BCUT2D eigenvalue weighted by molar-refractivity contribution is 8.00. The van der Waals surface area contributed by atoms with E-state index in [0.717, 1.165) is 11.8 Å². The SMILES string of the molecule is COC(=O)c1c(SCC(=O)Nc2cccc(Cl)c2)[nH]c2ccccc2c1=O. The average Bonchev–Trinajstić information content (AvgIpc) is 2.66. The minimum absolute atomic E-state index is 0.00914. The first kappa shape index (κ1) is 19.0. The Morgan fingerprint density at radius 1 is 1.19 bits per heavy atom. The summed E-state index contributed by atoms with van der Waals surface area (Å²) in [7, 11) is 1.21. The summed E-state index contributed by atoms with van der Waals surface area (Å²) in [6.45, 7) is 0. The van der Waals surface area contributed by atoms with Crippen molar-refractivity contribution in [3.63, 3.8) is 0 Å². The molecule has 1 aromatic heterocycles. The standard InChI is InChI=1S/C19H15ClN2O4S/c1-26-19(25)16-17(24)13-7-2-3-8-14(13)22-18(16)27-10-15(23)21-12-6-4-5-11(20)9-12/h2-9H,10H2,1H3,(H,21,23)(H,22,24). The molecule has 0 radical (unpaired) electrons. The Bertz CT molecular complexity index is 1080. The van der Waals surface area contributed by atoms with Crippen LogP contribution in [-0.2, 0) is 9.53 Å². The zero-order chi connectivity index (χ0) is 19.4. The summed E-state index contributed by atoms with van der Waals surface area (Å²) in [6.07, 6.45) is 0. The molecule has 3 rings (SSSR count). The van der Waals surface area contributed by atoms with Gasteiger partial charge in [0, 0.05) is 16.1 Å². The fraction of sp³-hybridized carbons (Fsp3) is 0.105. The number of hydrogen-bond donors (Lipinski definition) is 2. The number of H-pyrrole nitrogens is 1. The maximum absolute atomic E-state index is 12.7. The molecule has 0 bridgehead atoms. The number of fused-ring (bicyclic) bond motifs is 1. The second-order valence-electron chi connectivity index (χ2n) is 5.54. The van der Waals surface area contributed by atoms with Crippen molar-refractivity contribution in [2.45, 2.75) is 5.03 Å². The van der Waals surface area contributed by atoms with Crippen molar-refractivity contribution in [3.8, 4) is 0 Å². The van der Waals surface area contributed by atoms with Crippen LogP contribution in [0.15, 0.2) is 58.4 Å². The largest absolute Gasteiger partial charge is 0.465 e. The van der Waals surface area contributed by atoms with Crippen LogP contribution in [0.25, 0.3) is 10.9 Å². The average molecular weight is 403 g/mol. The Morgan fingerprint density at radius 2 is 1.96 bits per heavy atom. The number of benzene rings is 2. The zero-order valence-electron chi connectivity index (χ0n) is 14.2. The van der Waals surface area contributed by atoms with Crippen molar-refractivity contribution >= 4 is 51.8 Å². The molecule has 0 atom stereocenters. The molecule has 1 amide bonds. The number of carbonyl (C=O) groups is 2. The lowest BCUT2D eigenvalue weighted by Gasteiger charge is -2.10. The van der Waals surface area contributed by atoms with E-state index in [1.807, 2.05) is 0 Å². The van der Waals surface area contributed by atoms with E-state index in [1.165, 1.54) is 7.11 Å². The highest BCUT2D eigenvalue weighted by Gasteiger charge is 2.20. The third kappa shape index (κ3) is 4.32. The number of methoxy groups -OCH3 is 1. The van der Waals surface area contributed by atoms with Crippen molar-refractivity contribution in [1.82, 2.24) is 4.98 Å². The number of carbonyl (C=O) groups excluding carboxylic acids is 2. The quantitative estimate of drug-likeness (QED) is 0.502. The van der Waals surface area contributed by atoms with Gasteiger partial charge in [-0.15, -0.1) is 0 Å². The van der Waals surface area contributed by atoms with Crippen molar-refractivity contribution in [1.29, 1.82) is 0 Å². The lowest BCUT2D eigenvalue weighted by Crippen LogP contribution is -2.20. The fourth-order valence-electron chi connectivity index (χ4n) is 2.51. The van der Waals surface area contributed by atoms with Crippen LogP contribution in [0.5, 0.6) is 0 Å². The van der Waals surface area contributed by atoms with Crippen LogP contribution in [0.2, 0.25) is 5.02 Å². The van der Waals surface area contributed by atoms with Gasteiger partial charge < -0.3 is 15.0 Å². The van der Waals surface area contributed by atoms with Gasteiger partial charge >= 0.3 is 5.97 Å². The van der Waals surface area contributed by atoms with Gasteiger partial charge in [0.15, 0.2) is 0 Å². The van der Waals surface area contributed by atoms with E-state index in [2.05, 4.69) is 10.3 Å². The number of aromatic amines is 1. The minimum atomic E-state index is -0.750. The molecule has 0 fully saturated rings. The molecule has 27 heavy (non-hydrogen) atoms. The van der Waals surface area contributed by atoms with Crippen LogP contribution in [-0.4, -0.2) is 29.7 Å². The molecule has 0 unspecified atom stereocenters. The second kappa shape index (κ2) is 8.28. The number of ether oxygens (including phenoxy) is 1. The maximum atomic E-state index is 12.7. The number of aromatic nitrogens is 1. The molecule has 6 nitrogen and oxygen atoms in total. The number of esters is 1. The predicted molar refractivity (Wildman–Crippen MR) is 107 cm³/mol. The Morgan fingerprint density at radius 3 is 2.70 bits per heavy atom. The third-order valence-electron chi connectivity index (χ3n) is 3.72. The van der Waals surface area contributed by atoms with Crippen LogP contribution in [0.4, 0.5) is 5.69 Å². The highest BCUT2D eigenvalue weighted by Crippen LogP contribution is 2.23. The first-order chi connectivity index (χ1) is 13.0. The minimum Gasteiger partial charge on any atom is -0.465 e. The summed E-state index contributed by atoms with van der Waals surface area (Å²) in [6, 6.07) is 13.6. The van der Waals surface area contributed by atoms with Crippen LogP contribution in [0.1, 0.15) is 10.4 Å². The van der Waals surface area contributed by atoms with Gasteiger partial charge in [0.2, 0.25) is 11.3 Å². The topological polar surface area (TPSA) is 88.3 Å². The van der Waals surface area contributed by atoms with Crippen molar-refractivity contribution in [2.24, 2.45) is 0 Å². The molecular weight excluding hydrogens is 388 g/mol. The lowest BCUT2D eigenvalue weighted by atomic mass is 10.1. The van der Waals surface area contributed by atoms with E-state index in [0.29, 0.717) is 21.6 Å². The van der Waals surface area contributed by atoms with Crippen LogP contribution >= 0.6 is 23.4 Å². The molecule has 2 N–H and O–H groups in total. The van der Waals surface area contributed by atoms with Gasteiger partial charge in [-0.25, -0.2) is 4.79 Å². The van der Waals surface area contributed by atoms with Gasteiger partial charge in [-0.1, -0.05) is 41.6 Å². The number of thioether (sulfide) groups is 1. The van der Waals surface area contributed by atoms with Crippen molar-refractivity contribution in [2.75, 3.05) is 18.2 Å². The van der Waals surface area contributed by atoms with Gasteiger partial charge in [0.1, 0.15) is 5.56 Å². The number of amides is 1. The molecule has 138 valence electrons.